The summed E-state index contributed by atoms with van der Waals surface area (Å²) in [4.78, 5) is 30.9. The van der Waals surface area contributed by atoms with Crippen LogP contribution in [0.3, 0.4) is 0 Å². The number of carbonyl (C=O) groups is 1. The van der Waals surface area contributed by atoms with Crippen LogP contribution in [0.2, 0.25) is 0 Å². The highest BCUT2D eigenvalue weighted by Gasteiger charge is 2.26. The fraction of sp³-hybridized carbons (Fsp3) is 0.412. The molecule has 7 nitrogen and oxygen atoms in total. The number of Topliss-reactive ketones (excluding diaryl/α,β-unsaturated/α-hetero) is 1. The Morgan fingerprint density at radius 1 is 1.14 bits per heavy atom. The number of ether oxygens (including phenoxy) is 1. The van der Waals surface area contributed by atoms with Gasteiger partial charge in [0.05, 0.1) is 28.7 Å². The fourth-order valence-electron chi connectivity index (χ4n) is 6.47. The van der Waals surface area contributed by atoms with Crippen LogP contribution in [0, 0.1) is 31.0 Å². The van der Waals surface area contributed by atoms with E-state index in [1.807, 2.05) is 31.3 Å². The van der Waals surface area contributed by atoms with Crippen LogP contribution in [0.5, 0.6) is 6.01 Å². The lowest BCUT2D eigenvalue weighted by Crippen LogP contribution is -2.40. The molecule has 0 N–H and O–H groups in total. The molecule has 2 saturated heterocycles. The lowest BCUT2D eigenvalue weighted by molar-refractivity contribution is -0.118. The molecule has 0 radical (unpaired) electrons. The highest BCUT2D eigenvalue weighted by molar-refractivity contribution is 6.03. The topological polar surface area (TPSA) is 71.5 Å². The number of pyridine rings is 1. The molecule has 1 unspecified atom stereocenters. The van der Waals surface area contributed by atoms with Crippen LogP contribution in [0.25, 0.3) is 32.9 Å². The van der Waals surface area contributed by atoms with Crippen LogP contribution < -0.4 is 9.64 Å². The third kappa shape index (κ3) is 5.41. The Hall–Kier alpha value is -4.09. The van der Waals surface area contributed by atoms with Crippen molar-refractivity contribution in [2.45, 2.75) is 52.6 Å². The Balaban J connectivity index is 1.45. The number of ketones is 1. The van der Waals surface area contributed by atoms with E-state index in [-0.39, 0.29) is 17.5 Å². The van der Waals surface area contributed by atoms with Gasteiger partial charge in [0.2, 0.25) is 0 Å². The van der Waals surface area contributed by atoms with Gasteiger partial charge in [-0.1, -0.05) is 37.1 Å². The van der Waals surface area contributed by atoms with E-state index in [1.165, 1.54) is 12.5 Å². The summed E-state index contributed by atoms with van der Waals surface area (Å²) in [6, 6.07) is 9.32. The first-order chi connectivity index (χ1) is 20.3. The minimum absolute atomic E-state index is 0.0281. The summed E-state index contributed by atoms with van der Waals surface area (Å²) in [5.74, 6) is 3.70. The molecule has 0 bridgehead atoms. The summed E-state index contributed by atoms with van der Waals surface area (Å²) in [5.41, 5.74) is 3.34. The van der Waals surface area contributed by atoms with Gasteiger partial charge in [-0.15, -0.1) is 6.42 Å². The van der Waals surface area contributed by atoms with Crippen molar-refractivity contribution in [2.75, 3.05) is 37.6 Å². The molecular formula is C34H36FN5O2. The maximum Gasteiger partial charge on any atom is 0.319 e. The number of halogens is 1. The first-order valence-corrected chi connectivity index (χ1v) is 14.8. The van der Waals surface area contributed by atoms with Gasteiger partial charge in [0.25, 0.3) is 0 Å². The van der Waals surface area contributed by atoms with Crippen LogP contribution in [0.4, 0.5) is 10.2 Å². The number of fused-ring (bicyclic) bond motifs is 2. The molecule has 2 aromatic heterocycles. The van der Waals surface area contributed by atoms with Crippen molar-refractivity contribution < 1.29 is 13.9 Å². The zero-order valence-corrected chi connectivity index (χ0v) is 24.5. The normalized spacial score (nSPS) is 18.4. The molecule has 2 aliphatic heterocycles. The highest BCUT2D eigenvalue weighted by atomic mass is 19.1. The monoisotopic (exact) mass is 565 g/mol. The molecule has 216 valence electrons. The first-order valence-electron chi connectivity index (χ1n) is 14.8. The zero-order valence-electron chi connectivity index (χ0n) is 24.5. The Kier molecular flexibility index (Phi) is 7.78. The van der Waals surface area contributed by atoms with Gasteiger partial charge >= 0.3 is 6.01 Å². The molecule has 6 rings (SSSR count). The molecule has 0 amide bonds. The second kappa shape index (κ2) is 11.7. The van der Waals surface area contributed by atoms with E-state index >= 15 is 0 Å². The lowest BCUT2D eigenvalue weighted by Gasteiger charge is -2.33. The number of hydrogen-bond acceptors (Lipinski definition) is 7. The van der Waals surface area contributed by atoms with Crippen molar-refractivity contribution in [1.29, 1.82) is 0 Å². The molecular weight excluding hydrogens is 529 g/mol. The van der Waals surface area contributed by atoms with Crippen LogP contribution in [-0.2, 0) is 4.79 Å². The second-order valence-electron chi connectivity index (χ2n) is 11.8. The van der Waals surface area contributed by atoms with Gasteiger partial charge in [-0.05, 0) is 56.9 Å². The van der Waals surface area contributed by atoms with Gasteiger partial charge in [-0.2, -0.15) is 9.97 Å². The van der Waals surface area contributed by atoms with E-state index in [2.05, 4.69) is 22.6 Å². The number of hydrogen-bond donors (Lipinski definition) is 0. The number of anilines is 1. The second-order valence-corrected chi connectivity index (χ2v) is 11.8. The third-order valence-corrected chi connectivity index (χ3v) is 8.54. The van der Waals surface area contributed by atoms with E-state index in [1.54, 1.807) is 13.0 Å². The molecule has 2 aliphatic rings. The Morgan fingerprint density at radius 3 is 2.69 bits per heavy atom. The SMILES string of the molecule is C#Cc1c(F)ccc2cccc(-c3ncc4c(N5CCCC(C)C5)nc(OC5CCN(CC(C)=O)CC5)nc4c3C)c12. The zero-order chi connectivity index (χ0) is 29.4. The maximum atomic E-state index is 14.8. The molecule has 1 atom stereocenters. The van der Waals surface area contributed by atoms with Crippen LogP contribution in [0.15, 0.2) is 36.5 Å². The van der Waals surface area contributed by atoms with Gasteiger partial charge in [0, 0.05) is 48.9 Å². The number of nitrogens with zero attached hydrogens (tertiary/aromatic N) is 5. The number of likely N-dealkylation sites (tertiary alicyclic amines) is 1. The van der Waals surface area contributed by atoms with E-state index in [9.17, 15) is 9.18 Å². The molecule has 0 aliphatic carbocycles. The van der Waals surface area contributed by atoms with Crippen molar-refractivity contribution in [3.8, 4) is 29.6 Å². The van der Waals surface area contributed by atoms with Gasteiger partial charge in [0.15, 0.2) is 0 Å². The number of aryl methyl sites for hydroxylation is 1. The Bertz CT molecular complexity index is 1710. The number of benzene rings is 2. The largest absolute Gasteiger partial charge is 0.460 e. The van der Waals surface area contributed by atoms with Gasteiger partial charge in [-0.25, -0.2) is 4.39 Å². The van der Waals surface area contributed by atoms with Crippen LogP contribution >= 0.6 is 0 Å². The van der Waals surface area contributed by atoms with Crippen LogP contribution in [-0.4, -0.2) is 64.5 Å². The number of aromatic nitrogens is 3. The average Bonchev–Trinajstić information content (AvgIpc) is 2.98. The van der Waals surface area contributed by atoms with E-state index in [4.69, 9.17) is 26.1 Å². The quantitative estimate of drug-likeness (QED) is 0.268. The first kappa shape index (κ1) is 28.0. The van der Waals surface area contributed by atoms with Crippen molar-refractivity contribution in [1.82, 2.24) is 19.9 Å². The van der Waals surface area contributed by atoms with Crippen LogP contribution in [0.1, 0.15) is 50.7 Å². The summed E-state index contributed by atoms with van der Waals surface area (Å²) in [7, 11) is 0. The molecule has 8 heteroatoms. The summed E-state index contributed by atoms with van der Waals surface area (Å²) in [6.07, 6.45) is 11.5. The van der Waals surface area contributed by atoms with E-state index in [0.717, 1.165) is 78.7 Å². The lowest BCUT2D eigenvalue weighted by atomic mass is 9.94. The predicted octanol–water partition coefficient (Wildman–Crippen LogP) is 5.94. The molecule has 4 heterocycles. The standard InChI is InChI=1S/C34H36FN5O2/c1-5-26-29(35)12-11-24-9-6-10-27(30(24)26)31-23(4)32-28(18-36-31)33(40-15-7-8-21(2)19-40)38-34(37-32)42-25-13-16-39(17-14-25)20-22(3)41/h1,6,9-12,18,21,25H,7-8,13-17,19-20H2,2-4H3. The number of carbonyl (C=O) groups excluding carboxylic acids is 1. The van der Waals surface area contributed by atoms with Crippen molar-refractivity contribution >= 4 is 33.3 Å². The molecule has 4 aromatic rings. The molecule has 42 heavy (non-hydrogen) atoms. The van der Waals surface area contributed by atoms with Crippen molar-refractivity contribution in [2.24, 2.45) is 5.92 Å². The maximum absolute atomic E-state index is 14.8. The third-order valence-electron chi connectivity index (χ3n) is 8.54. The smallest absolute Gasteiger partial charge is 0.319 e. The molecule has 0 spiro atoms. The minimum Gasteiger partial charge on any atom is -0.460 e. The number of rotatable bonds is 6. The fourth-order valence-corrected chi connectivity index (χ4v) is 6.47. The summed E-state index contributed by atoms with van der Waals surface area (Å²) in [5, 5.41) is 2.40. The van der Waals surface area contributed by atoms with Crippen molar-refractivity contribution in [3.05, 3.63) is 53.5 Å². The number of piperidine rings is 2. The van der Waals surface area contributed by atoms with E-state index < -0.39 is 5.82 Å². The molecule has 2 fully saturated rings. The average molecular weight is 566 g/mol. The van der Waals surface area contributed by atoms with Gasteiger partial charge < -0.3 is 9.64 Å². The summed E-state index contributed by atoms with van der Waals surface area (Å²) >= 11 is 0. The van der Waals surface area contributed by atoms with Crippen molar-refractivity contribution in [3.63, 3.8) is 0 Å². The molecule has 0 saturated carbocycles. The highest BCUT2D eigenvalue weighted by Crippen LogP contribution is 2.38. The Labute approximate surface area is 246 Å². The summed E-state index contributed by atoms with van der Waals surface area (Å²) in [6.45, 7) is 9.79. The van der Waals surface area contributed by atoms with E-state index in [0.29, 0.717) is 29.6 Å². The van der Waals surface area contributed by atoms with Gasteiger partial charge in [0.1, 0.15) is 23.5 Å². The minimum atomic E-state index is -0.426. The Morgan fingerprint density at radius 2 is 1.95 bits per heavy atom. The van der Waals surface area contributed by atoms with Gasteiger partial charge in [-0.3, -0.25) is 14.7 Å². The predicted molar refractivity (Wildman–Crippen MR) is 164 cm³/mol. The summed E-state index contributed by atoms with van der Waals surface area (Å²) < 4.78 is 21.2. The number of terminal acetylenes is 1. The molecule has 2 aromatic carbocycles.